The van der Waals surface area contributed by atoms with Crippen molar-refractivity contribution in [2.45, 2.75) is 19.9 Å². The molecular weight excluding hydrogens is 242 g/mol. The maximum absolute atomic E-state index is 8.96. The molecule has 1 N–H and O–H groups in total. The van der Waals surface area contributed by atoms with Crippen LogP contribution in [0.2, 0.25) is 0 Å². The van der Waals surface area contributed by atoms with Gasteiger partial charge in [0.2, 0.25) is 0 Å². The number of rotatable bonds is 5. The second kappa shape index (κ2) is 5.85. The van der Waals surface area contributed by atoms with Crippen LogP contribution in [0.4, 0.5) is 0 Å². The SMILES string of the molecule is Cc1c(CNCCc2ccsc2)cc(C#N)n1C. The third-order valence-corrected chi connectivity index (χ3v) is 3.97. The molecule has 2 aromatic rings. The predicted octanol–water partition coefficient (Wildman–Crippen LogP) is 2.60. The van der Waals surface area contributed by atoms with Crippen LogP contribution in [0.15, 0.2) is 22.9 Å². The topological polar surface area (TPSA) is 40.8 Å². The lowest BCUT2D eigenvalue weighted by atomic mass is 10.2. The van der Waals surface area contributed by atoms with Gasteiger partial charge in [0.1, 0.15) is 11.8 Å². The van der Waals surface area contributed by atoms with Crippen LogP contribution in [0, 0.1) is 18.3 Å². The molecule has 0 saturated heterocycles. The van der Waals surface area contributed by atoms with Crippen LogP contribution in [0.5, 0.6) is 0 Å². The number of aromatic nitrogens is 1. The lowest BCUT2D eigenvalue weighted by molar-refractivity contribution is 0.682. The van der Waals surface area contributed by atoms with Gasteiger partial charge in [-0.25, -0.2) is 0 Å². The van der Waals surface area contributed by atoms with E-state index in [0.717, 1.165) is 30.9 Å². The average molecular weight is 259 g/mol. The fraction of sp³-hybridized carbons (Fsp3) is 0.357. The maximum Gasteiger partial charge on any atom is 0.120 e. The fourth-order valence-corrected chi connectivity index (χ4v) is 2.64. The van der Waals surface area contributed by atoms with Crippen molar-refractivity contribution in [3.8, 4) is 6.07 Å². The van der Waals surface area contributed by atoms with E-state index in [2.05, 4.69) is 35.1 Å². The van der Waals surface area contributed by atoms with Crippen LogP contribution in [0.25, 0.3) is 0 Å². The Bertz CT molecular complexity index is 546. The van der Waals surface area contributed by atoms with Crippen LogP contribution in [-0.4, -0.2) is 11.1 Å². The first-order chi connectivity index (χ1) is 8.72. The van der Waals surface area contributed by atoms with Crippen molar-refractivity contribution in [1.82, 2.24) is 9.88 Å². The van der Waals surface area contributed by atoms with E-state index in [1.54, 1.807) is 11.3 Å². The second-order valence-corrected chi connectivity index (χ2v) is 5.15. The van der Waals surface area contributed by atoms with Gasteiger partial charge in [-0.1, -0.05) is 0 Å². The quantitative estimate of drug-likeness (QED) is 0.839. The molecule has 4 heteroatoms. The summed E-state index contributed by atoms with van der Waals surface area (Å²) in [6.07, 6.45) is 1.06. The number of nitriles is 1. The summed E-state index contributed by atoms with van der Waals surface area (Å²) >= 11 is 1.74. The summed E-state index contributed by atoms with van der Waals surface area (Å²) in [4.78, 5) is 0. The Hall–Kier alpha value is -1.57. The number of hydrogen-bond acceptors (Lipinski definition) is 3. The zero-order chi connectivity index (χ0) is 13.0. The van der Waals surface area contributed by atoms with E-state index in [4.69, 9.17) is 5.26 Å². The molecule has 0 spiro atoms. The minimum absolute atomic E-state index is 0.724. The molecule has 3 nitrogen and oxygen atoms in total. The van der Waals surface area contributed by atoms with Crippen molar-refractivity contribution in [2.24, 2.45) is 7.05 Å². The van der Waals surface area contributed by atoms with E-state index in [9.17, 15) is 0 Å². The molecule has 0 bridgehead atoms. The van der Waals surface area contributed by atoms with Gasteiger partial charge in [-0.3, -0.25) is 0 Å². The summed E-state index contributed by atoms with van der Waals surface area (Å²) in [6.45, 7) is 3.84. The summed E-state index contributed by atoms with van der Waals surface area (Å²) in [6, 6.07) is 6.33. The van der Waals surface area contributed by atoms with E-state index in [1.165, 1.54) is 11.1 Å². The normalized spacial score (nSPS) is 10.5. The van der Waals surface area contributed by atoms with Crippen molar-refractivity contribution in [3.63, 3.8) is 0 Å². The summed E-state index contributed by atoms with van der Waals surface area (Å²) in [7, 11) is 1.93. The largest absolute Gasteiger partial charge is 0.340 e. The molecule has 0 radical (unpaired) electrons. The van der Waals surface area contributed by atoms with Crippen LogP contribution in [0.3, 0.4) is 0 Å². The smallest absolute Gasteiger partial charge is 0.120 e. The number of hydrogen-bond donors (Lipinski definition) is 1. The van der Waals surface area contributed by atoms with Gasteiger partial charge in [0.05, 0.1) is 0 Å². The Balaban J connectivity index is 1.85. The van der Waals surface area contributed by atoms with E-state index in [1.807, 2.05) is 17.7 Å². The molecule has 0 aliphatic rings. The van der Waals surface area contributed by atoms with Crippen molar-refractivity contribution >= 4 is 11.3 Å². The first-order valence-corrected chi connectivity index (χ1v) is 6.93. The zero-order valence-corrected chi connectivity index (χ0v) is 11.5. The Morgan fingerprint density at radius 3 is 2.94 bits per heavy atom. The van der Waals surface area contributed by atoms with Gasteiger partial charge >= 0.3 is 0 Å². The minimum atomic E-state index is 0.724. The summed E-state index contributed by atoms with van der Waals surface area (Å²) in [5.41, 5.74) is 4.48. The van der Waals surface area contributed by atoms with Gasteiger partial charge in [0.15, 0.2) is 0 Å². The van der Waals surface area contributed by atoms with Gasteiger partial charge in [0.25, 0.3) is 0 Å². The summed E-state index contributed by atoms with van der Waals surface area (Å²) in [5, 5.41) is 16.7. The van der Waals surface area contributed by atoms with Crippen molar-refractivity contribution in [1.29, 1.82) is 5.26 Å². The lowest BCUT2D eigenvalue weighted by Gasteiger charge is -2.04. The molecule has 0 atom stereocenters. The van der Waals surface area contributed by atoms with Gasteiger partial charge < -0.3 is 9.88 Å². The summed E-state index contributed by atoms with van der Waals surface area (Å²) < 4.78 is 1.94. The van der Waals surface area contributed by atoms with Gasteiger partial charge in [-0.05, 0) is 53.9 Å². The Kier molecular flexibility index (Phi) is 4.19. The molecule has 2 aromatic heterocycles. The fourth-order valence-electron chi connectivity index (χ4n) is 1.94. The monoisotopic (exact) mass is 259 g/mol. The van der Waals surface area contributed by atoms with Crippen molar-refractivity contribution < 1.29 is 0 Å². The summed E-state index contributed by atoms with van der Waals surface area (Å²) in [5.74, 6) is 0. The predicted molar refractivity (Wildman–Crippen MR) is 74.6 cm³/mol. The highest BCUT2D eigenvalue weighted by atomic mass is 32.1. The zero-order valence-electron chi connectivity index (χ0n) is 10.7. The molecular formula is C14H17N3S. The van der Waals surface area contributed by atoms with Gasteiger partial charge in [-0.15, -0.1) is 0 Å². The van der Waals surface area contributed by atoms with Gasteiger partial charge in [-0.2, -0.15) is 16.6 Å². The molecule has 2 heterocycles. The number of thiophene rings is 1. The third-order valence-electron chi connectivity index (χ3n) is 3.24. The van der Waals surface area contributed by atoms with E-state index >= 15 is 0 Å². The van der Waals surface area contributed by atoms with Crippen LogP contribution < -0.4 is 5.32 Å². The molecule has 0 aliphatic carbocycles. The van der Waals surface area contributed by atoms with E-state index in [0.29, 0.717) is 0 Å². The first-order valence-electron chi connectivity index (χ1n) is 5.99. The highest BCUT2D eigenvalue weighted by Gasteiger charge is 2.07. The minimum Gasteiger partial charge on any atom is -0.340 e. The molecule has 0 unspecified atom stereocenters. The molecule has 0 fully saturated rings. The molecule has 0 aromatic carbocycles. The van der Waals surface area contributed by atoms with Crippen molar-refractivity contribution in [3.05, 3.63) is 45.4 Å². The maximum atomic E-state index is 8.96. The highest BCUT2D eigenvalue weighted by Crippen LogP contribution is 2.13. The van der Waals surface area contributed by atoms with Crippen LogP contribution in [-0.2, 0) is 20.0 Å². The van der Waals surface area contributed by atoms with Gasteiger partial charge in [0, 0.05) is 19.3 Å². The first kappa shape index (κ1) is 12.9. The molecule has 94 valence electrons. The Morgan fingerprint density at radius 2 is 2.33 bits per heavy atom. The average Bonchev–Trinajstić information content (AvgIpc) is 2.97. The molecule has 2 rings (SSSR count). The molecule has 0 saturated carbocycles. The van der Waals surface area contributed by atoms with E-state index in [-0.39, 0.29) is 0 Å². The van der Waals surface area contributed by atoms with Crippen LogP contribution >= 0.6 is 11.3 Å². The van der Waals surface area contributed by atoms with Crippen molar-refractivity contribution in [2.75, 3.05) is 6.54 Å². The molecule has 18 heavy (non-hydrogen) atoms. The standard InChI is InChI=1S/C14H17N3S/c1-11-13(7-14(8-15)17(11)2)9-16-5-3-12-4-6-18-10-12/h4,6-7,10,16H,3,5,9H2,1-2H3. The van der Waals surface area contributed by atoms with E-state index < -0.39 is 0 Å². The number of nitrogens with zero attached hydrogens (tertiary/aromatic N) is 2. The van der Waals surface area contributed by atoms with Crippen LogP contribution in [0.1, 0.15) is 22.5 Å². The Morgan fingerprint density at radius 1 is 1.50 bits per heavy atom. The lowest BCUT2D eigenvalue weighted by Crippen LogP contribution is -2.16. The molecule has 0 amide bonds. The highest BCUT2D eigenvalue weighted by molar-refractivity contribution is 7.07. The Labute approximate surface area is 112 Å². The molecule has 0 aliphatic heterocycles. The number of nitrogens with one attached hydrogen (secondary N) is 1. The second-order valence-electron chi connectivity index (χ2n) is 4.37. The third kappa shape index (κ3) is 2.81.